The SMILES string of the molecule is Nc1ncccc1-c1cccc2ccsc12. The molecule has 2 heterocycles. The lowest BCUT2D eigenvalue weighted by atomic mass is 10.1. The number of anilines is 1. The van der Waals surface area contributed by atoms with Crippen molar-refractivity contribution in [3.05, 3.63) is 48.0 Å². The normalized spacial score (nSPS) is 10.8. The molecule has 0 spiro atoms. The molecule has 2 aromatic heterocycles. The number of hydrogen-bond acceptors (Lipinski definition) is 3. The molecule has 1 aromatic carbocycles. The summed E-state index contributed by atoms with van der Waals surface area (Å²) in [5, 5.41) is 3.35. The van der Waals surface area contributed by atoms with Crippen LogP contribution in [0.1, 0.15) is 0 Å². The van der Waals surface area contributed by atoms with Gasteiger partial charge in [0.25, 0.3) is 0 Å². The first-order valence-corrected chi connectivity index (χ1v) is 5.91. The van der Waals surface area contributed by atoms with E-state index < -0.39 is 0 Å². The summed E-state index contributed by atoms with van der Waals surface area (Å²) in [6.07, 6.45) is 1.72. The highest BCUT2D eigenvalue weighted by molar-refractivity contribution is 7.17. The van der Waals surface area contributed by atoms with Crippen LogP contribution in [0.4, 0.5) is 5.82 Å². The van der Waals surface area contributed by atoms with Crippen molar-refractivity contribution in [1.29, 1.82) is 0 Å². The maximum absolute atomic E-state index is 5.91. The Morgan fingerprint density at radius 1 is 1.00 bits per heavy atom. The fourth-order valence-electron chi connectivity index (χ4n) is 1.85. The molecular formula is C13H10N2S. The molecule has 78 valence electrons. The molecule has 0 aliphatic rings. The fraction of sp³-hybridized carbons (Fsp3) is 0. The van der Waals surface area contributed by atoms with E-state index in [2.05, 4.69) is 34.6 Å². The van der Waals surface area contributed by atoms with Gasteiger partial charge in [0.2, 0.25) is 0 Å². The second-order valence-corrected chi connectivity index (χ2v) is 4.50. The van der Waals surface area contributed by atoms with Gasteiger partial charge in [-0.15, -0.1) is 11.3 Å². The zero-order valence-electron chi connectivity index (χ0n) is 8.55. The van der Waals surface area contributed by atoms with Crippen molar-refractivity contribution in [3.8, 4) is 11.1 Å². The molecule has 0 atom stereocenters. The number of nitrogens with zero attached hydrogens (tertiary/aromatic N) is 1. The van der Waals surface area contributed by atoms with E-state index in [-0.39, 0.29) is 0 Å². The number of nitrogen functional groups attached to an aromatic ring is 1. The summed E-state index contributed by atoms with van der Waals surface area (Å²) in [7, 11) is 0. The molecule has 0 fully saturated rings. The number of fused-ring (bicyclic) bond motifs is 1. The molecule has 0 radical (unpaired) electrons. The Balaban J connectivity index is 2.34. The molecule has 2 nitrogen and oxygen atoms in total. The predicted octanol–water partition coefficient (Wildman–Crippen LogP) is 3.55. The summed E-state index contributed by atoms with van der Waals surface area (Å²) in [5.74, 6) is 0.586. The monoisotopic (exact) mass is 226 g/mol. The topological polar surface area (TPSA) is 38.9 Å². The van der Waals surface area contributed by atoms with Gasteiger partial charge in [-0.2, -0.15) is 0 Å². The summed E-state index contributed by atoms with van der Waals surface area (Å²) >= 11 is 1.73. The number of aromatic nitrogens is 1. The minimum Gasteiger partial charge on any atom is -0.383 e. The summed E-state index contributed by atoms with van der Waals surface area (Å²) in [6.45, 7) is 0. The lowest BCUT2D eigenvalue weighted by Gasteiger charge is -2.05. The Kier molecular flexibility index (Phi) is 2.11. The van der Waals surface area contributed by atoms with E-state index in [1.165, 1.54) is 10.1 Å². The molecule has 0 amide bonds. The number of hydrogen-bond donors (Lipinski definition) is 1. The average Bonchev–Trinajstić information content (AvgIpc) is 2.77. The van der Waals surface area contributed by atoms with Crippen molar-refractivity contribution in [3.63, 3.8) is 0 Å². The second-order valence-electron chi connectivity index (χ2n) is 3.58. The van der Waals surface area contributed by atoms with E-state index in [1.54, 1.807) is 17.5 Å². The largest absolute Gasteiger partial charge is 0.383 e. The molecular weight excluding hydrogens is 216 g/mol. The maximum atomic E-state index is 5.91. The molecule has 0 aliphatic carbocycles. The van der Waals surface area contributed by atoms with Crippen LogP contribution in [0.3, 0.4) is 0 Å². The van der Waals surface area contributed by atoms with Gasteiger partial charge in [-0.3, -0.25) is 0 Å². The Morgan fingerprint density at radius 3 is 2.75 bits per heavy atom. The zero-order valence-corrected chi connectivity index (χ0v) is 9.37. The van der Waals surface area contributed by atoms with Gasteiger partial charge >= 0.3 is 0 Å². The van der Waals surface area contributed by atoms with Crippen LogP contribution in [0.5, 0.6) is 0 Å². The molecule has 3 aromatic rings. The van der Waals surface area contributed by atoms with Gasteiger partial charge in [0, 0.05) is 22.0 Å². The van der Waals surface area contributed by atoms with Gasteiger partial charge < -0.3 is 5.73 Å². The minimum absolute atomic E-state index is 0.586. The van der Waals surface area contributed by atoms with Crippen LogP contribution < -0.4 is 5.73 Å². The van der Waals surface area contributed by atoms with Crippen molar-refractivity contribution in [1.82, 2.24) is 4.98 Å². The van der Waals surface area contributed by atoms with E-state index in [0.29, 0.717) is 5.82 Å². The van der Waals surface area contributed by atoms with E-state index >= 15 is 0 Å². The van der Waals surface area contributed by atoms with Crippen molar-refractivity contribution in [2.45, 2.75) is 0 Å². The van der Waals surface area contributed by atoms with Gasteiger partial charge in [-0.25, -0.2) is 4.98 Å². The molecule has 0 saturated heterocycles. The van der Waals surface area contributed by atoms with Gasteiger partial charge in [0.15, 0.2) is 0 Å². The van der Waals surface area contributed by atoms with Crippen molar-refractivity contribution in [2.75, 3.05) is 5.73 Å². The van der Waals surface area contributed by atoms with Crippen LogP contribution in [0.25, 0.3) is 21.2 Å². The lowest BCUT2D eigenvalue weighted by molar-refractivity contribution is 1.34. The Hall–Kier alpha value is -1.87. The van der Waals surface area contributed by atoms with Gasteiger partial charge in [0.05, 0.1) is 0 Å². The number of pyridine rings is 1. The predicted molar refractivity (Wildman–Crippen MR) is 69.5 cm³/mol. The summed E-state index contributed by atoms with van der Waals surface area (Å²) in [5.41, 5.74) is 8.08. The highest BCUT2D eigenvalue weighted by Crippen LogP contribution is 2.34. The van der Waals surface area contributed by atoms with E-state index in [4.69, 9.17) is 5.73 Å². The van der Waals surface area contributed by atoms with Crippen molar-refractivity contribution in [2.24, 2.45) is 0 Å². The standard InChI is InChI=1S/C13H10N2S/c14-13-11(5-2-7-15-13)10-4-1-3-9-6-8-16-12(9)10/h1-8H,(H2,14,15). The summed E-state index contributed by atoms with van der Waals surface area (Å²) < 4.78 is 1.27. The summed E-state index contributed by atoms with van der Waals surface area (Å²) in [6, 6.07) is 12.3. The average molecular weight is 226 g/mol. The maximum Gasteiger partial charge on any atom is 0.131 e. The fourth-order valence-corrected chi connectivity index (χ4v) is 2.78. The van der Waals surface area contributed by atoms with Crippen LogP contribution in [-0.2, 0) is 0 Å². The third kappa shape index (κ3) is 1.37. The number of nitrogens with two attached hydrogens (primary N) is 1. The highest BCUT2D eigenvalue weighted by Gasteiger charge is 2.07. The molecule has 16 heavy (non-hydrogen) atoms. The minimum atomic E-state index is 0.586. The third-order valence-electron chi connectivity index (χ3n) is 2.61. The summed E-state index contributed by atoms with van der Waals surface area (Å²) in [4.78, 5) is 4.13. The zero-order chi connectivity index (χ0) is 11.0. The molecule has 0 saturated carbocycles. The van der Waals surface area contributed by atoms with Crippen molar-refractivity contribution >= 4 is 27.2 Å². The molecule has 0 unspecified atom stereocenters. The molecule has 0 bridgehead atoms. The first-order chi connectivity index (χ1) is 7.86. The quantitative estimate of drug-likeness (QED) is 0.689. The van der Waals surface area contributed by atoms with Crippen LogP contribution in [0, 0.1) is 0 Å². The molecule has 3 heteroatoms. The first kappa shape index (κ1) is 9.36. The van der Waals surface area contributed by atoms with Gasteiger partial charge in [0.1, 0.15) is 5.82 Å². The third-order valence-corrected chi connectivity index (χ3v) is 3.57. The Morgan fingerprint density at radius 2 is 1.88 bits per heavy atom. The van der Waals surface area contributed by atoms with E-state index in [1.807, 2.05) is 12.1 Å². The Labute approximate surface area is 97.4 Å². The highest BCUT2D eigenvalue weighted by atomic mass is 32.1. The second kappa shape index (κ2) is 3.61. The Bertz CT molecular complexity index is 643. The lowest BCUT2D eigenvalue weighted by Crippen LogP contribution is -1.92. The number of benzene rings is 1. The van der Waals surface area contributed by atoms with Crippen LogP contribution in [-0.4, -0.2) is 4.98 Å². The van der Waals surface area contributed by atoms with Gasteiger partial charge in [-0.05, 0) is 29.0 Å². The number of rotatable bonds is 1. The number of thiophene rings is 1. The van der Waals surface area contributed by atoms with Crippen LogP contribution >= 0.6 is 11.3 Å². The van der Waals surface area contributed by atoms with Crippen LogP contribution in [0.15, 0.2) is 48.0 Å². The molecule has 2 N–H and O–H groups in total. The first-order valence-electron chi connectivity index (χ1n) is 5.03. The van der Waals surface area contributed by atoms with Crippen LogP contribution in [0.2, 0.25) is 0 Å². The molecule has 0 aliphatic heterocycles. The van der Waals surface area contributed by atoms with E-state index in [9.17, 15) is 0 Å². The van der Waals surface area contributed by atoms with Crippen molar-refractivity contribution < 1.29 is 0 Å². The van der Waals surface area contributed by atoms with E-state index in [0.717, 1.165) is 11.1 Å². The smallest absolute Gasteiger partial charge is 0.131 e. The van der Waals surface area contributed by atoms with Gasteiger partial charge in [-0.1, -0.05) is 18.2 Å². The molecule has 3 rings (SSSR count).